The number of carboxylic acids is 1. The molecule has 5 nitrogen and oxygen atoms in total. The van der Waals surface area contributed by atoms with Crippen molar-refractivity contribution in [3.63, 3.8) is 0 Å². The van der Waals surface area contributed by atoms with E-state index < -0.39 is 11.8 Å². The summed E-state index contributed by atoms with van der Waals surface area (Å²) in [5.74, 6) is -1.09. The van der Waals surface area contributed by atoms with Gasteiger partial charge in [0, 0.05) is 5.39 Å². The van der Waals surface area contributed by atoms with E-state index in [2.05, 4.69) is 9.97 Å². The van der Waals surface area contributed by atoms with E-state index in [-0.39, 0.29) is 6.42 Å². The molecule has 0 spiro atoms. The third-order valence-corrected chi connectivity index (χ3v) is 5.58. The van der Waals surface area contributed by atoms with Crippen LogP contribution in [0, 0.1) is 26.6 Å². The molecule has 1 N–H and O–H groups in total. The Morgan fingerprint density at radius 3 is 2.45 bits per heavy atom. The van der Waals surface area contributed by atoms with Crippen molar-refractivity contribution in [1.82, 2.24) is 9.97 Å². The van der Waals surface area contributed by atoms with Gasteiger partial charge >= 0.3 is 5.97 Å². The Bertz CT molecular complexity index is 1330. The molecule has 2 heterocycles. The molecule has 4 rings (SSSR count). The molecule has 0 saturated heterocycles. The zero-order valence-electron chi connectivity index (χ0n) is 17.9. The van der Waals surface area contributed by atoms with E-state index in [1.54, 1.807) is 0 Å². The highest BCUT2D eigenvalue weighted by atomic mass is 19.1. The Kier molecular flexibility index (Phi) is 5.31. The van der Waals surface area contributed by atoms with Gasteiger partial charge in [-0.25, -0.2) is 9.37 Å². The molecule has 0 fully saturated rings. The molecule has 0 saturated carbocycles. The van der Waals surface area contributed by atoms with Crippen LogP contribution in [0.1, 0.15) is 29.2 Å². The summed E-state index contributed by atoms with van der Waals surface area (Å²) in [4.78, 5) is 20.8. The number of nitrogens with zero attached hydrogens (tertiary/aromatic N) is 2. The molecule has 2 aromatic carbocycles. The smallest absolute Gasteiger partial charge is 0.307 e. The van der Waals surface area contributed by atoms with Crippen molar-refractivity contribution >= 4 is 27.8 Å². The number of halogens is 1. The number of rotatable bonds is 5. The summed E-state index contributed by atoms with van der Waals surface area (Å²) in [5, 5.41) is 10.9. The van der Waals surface area contributed by atoms with E-state index in [4.69, 9.17) is 4.74 Å². The largest absolute Gasteiger partial charge is 0.481 e. The van der Waals surface area contributed by atoms with Crippen LogP contribution in [0.3, 0.4) is 0 Å². The highest BCUT2D eigenvalue weighted by molar-refractivity contribution is 6.11. The zero-order valence-corrected chi connectivity index (χ0v) is 17.9. The van der Waals surface area contributed by atoms with Crippen LogP contribution in [0.15, 0.2) is 36.5 Å². The van der Waals surface area contributed by atoms with Crippen molar-refractivity contribution in [3.05, 3.63) is 64.6 Å². The third-order valence-electron chi connectivity index (χ3n) is 5.58. The van der Waals surface area contributed by atoms with Gasteiger partial charge < -0.3 is 9.84 Å². The molecule has 0 aliphatic carbocycles. The lowest BCUT2D eigenvalue weighted by atomic mass is 9.86. The van der Waals surface area contributed by atoms with Crippen LogP contribution >= 0.6 is 0 Å². The molecule has 0 aliphatic rings. The molecule has 0 radical (unpaired) electrons. The van der Waals surface area contributed by atoms with Gasteiger partial charge in [0.15, 0.2) is 0 Å². The fourth-order valence-corrected chi connectivity index (χ4v) is 4.17. The summed E-state index contributed by atoms with van der Waals surface area (Å²) in [6.45, 7) is 8.01. The van der Waals surface area contributed by atoms with Gasteiger partial charge in [0.05, 0.1) is 35.6 Å². The number of carbonyl (C=O) groups is 1. The predicted octanol–water partition coefficient (Wildman–Crippen LogP) is 5.54. The minimum atomic E-state index is -0.916. The average Bonchev–Trinajstić information content (AvgIpc) is 2.73. The Balaban J connectivity index is 2.20. The standard InChI is InChI=1S/C25H23FN2O3/c1-5-31-25-19-10-17(26)12-27-24(19)22-15(4)21(16-8-6-13(2)7-9-16)18(11-20(29)30)14(3)23(22)28-25/h6-10,12H,5,11H2,1-4H3,(H,29,30). The van der Waals surface area contributed by atoms with E-state index in [0.717, 1.165) is 33.2 Å². The SMILES string of the molecule is CCOc1nc2c(C)c(CC(=O)O)c(-c3ccc(C)cc3)c(C)c2c2ncc(F)cc12. The molecule has 0 unspecified atom stereocenters. The predicted molar refractivity (Wildman–Crippen MR) is 119 cm³/mol. The highest BCUT2D eigenvalue weighted by Gasteiger charge is 2.23. The number of benzene rings is 2. The summed E-state index contributed by atoms with van der Waals surface area (Å²) in [7, 11) is 0. The first-order valence-electron chi connectivity index (χ1n) is 10.1. The molecular formula is C25H23FN2O3. The first-order valence-corrected chi connectivity index (χ1v) is 10.1. The van der Waals surface area contributed by atoms with Gasteiger partial charge in [-0.15, -0.1) is 0 Å². The number of hydrogen-bond donors (Lipinski definition) is 1. The third kappa shape index (κ3) is 3.58. The quantitative estimate of drug-likeness (QED) is 0.431. The number of carboxylic acid groups (broad SMARTS) is 1. The fourth-order valence-electron chi connectivity index (χ4n) is 4.17. The van der Waals surface area contributed by atoms with Gasteiger partial charge in [-0.05, 0) is 61.6 Å². The number of aryl methyl sites for hydroxylation is 3. The molecule has 158 valence electrons. The van der Waals surface area contributed by atoms with Crippen LogP contribution in [-0.2, 0) is 11.2 Å². The van der Waals surface area contributed by atoms with Crippen molar-refractivity contribution in [2.75, 3.05) is 6.61 Å². The van der Waals surface area contributed by atoms with Gasteiger partial charge in [-0.2, -0.15) is 0 Å². The van der Waals surface area contributed by atoms with Crippen molar-refractivity contribution in [2.24, 2.45) is 0 Å². The first kappa shape index (κ1) is 20.7. The van der Waals surface area contributed by atoms with E-state index >= 15 is 0 Å². The van der Waals surface area contributed by atoms with Crippen LogP contribution in [0.4, 0.5) is 4.39 Å². The maximum Gasteiger partial charge on any atom is 0.307 e. The number of fused-ring (bicyclic) bond motifs is 3. The first-order chi connectivity index (χ1) is 14.8. The summed E-state index contributed by atoms with van der Waals surface area (Å²) < 4.78 is 19.7. The molecule has 0 aliphatic heterocycles. The maximum absolute atomic E-state index is 14.0. The van der Waals surface area contributed by atoms with E-state index in [0.29, 0.717) is 34.5 Å². The second-order valence-electron chi connectivity index (χ2n) is 7.66. The van der Waals surface area contributed by atoms with Gasteiger partial charge in [-0.3, -0.25) is 9.78 Å². The van der Waals surface area contributed by atoms with Gasteiger partial charge in [0.2, 0.25) is 5.88 Å². The minimum Gasteiger partial charge on any atom is -0.481 e. The minimum absolute atomic E-state index is 0.133. The molecule has 0 amide bonds. The zero-order chi connectivity index (χ0) is 22.3. The summed E-state index contributed by atoms with van der Waals surface area (Å²) >= 11 is 0. The Morgan fingerprint density at radius 2 is 1.81 bits per heavy atom. The number of aliphatic carboxylic acids is 1. The number of hydrogen-bond acceptors (Lipinski definition) is 4. The number of aromatic nitrogens is 2. The van der Waals surface area contributed by atoms with Crippen LogP contribution in [-0.4, -0.2) is 27.7 Å². The molecule has 0 bridgehead atoms. The highest BCUT2D eigenvalue weighted by Crippen LogP contribution is 2.41. The van der Waals surface area contributed by atoms with Crippen LogP contribution in [0.2, 0.25) is 0 Å². The van der Waals surface area contributed by atoms with Gasteiger partial charge in [0.1, 0.15) is 5.82 Å². The van der Waals surface area contributed by atoms with Crippen molar-refractivity contribution in [3.8, 4) is 17.0 Å². The lowest BCUT2D eigenvalue weighted by Crippen LogP contribution is -2.08. The number of ether oxygens (including phenoxy) is 1. The van der Waals surface area contributed by atoms with E-state index in [1.807, 2.05) is 52.0 Å². The van der Waals surface area contributed by atoms with Crippen LogP contribution < -0.4 is 4.74 Å². The summed E-state index contributed by atoms with van der Waals surface area (Å²) in [5.41, 5.74) is 6.43. The molecule has 2 aromatic heterocycles. The average molecular weight is 418 g/mol. The topological polar surface area (TPSA) is 72.3 Å². The Labute approximate surface area is 179 Å². The van der Waals surface area contributed by atoms with Crippen molar-refractivity contribution < 1.29 is 19.0 Å². The van der Waals surface area contributed by atoms with E-state index in [1.165, 1.54) is 12.3 Å². The fraction of sp³-hybridized carbons (Fsp3) is 0.240. The molecule has 6 heteroatoms. The Hall–Kier alpha value is -3.54. The van der Waals surface area contributed by atoms with Crippen LogP contribution in [0.5, 0.6) is 5.88 Å². The van der Waals surface area contributed by atoms with Crippen molar-refractivity contribution in [1.29, 1.82) is 0 Å². The lowest BCUT2D eigenvalue weighted by Gasteiger charge is -2.20. The maximum atomic E-state index is 14.0. The van der Waals surface area contributed by atoms with Gasteiger partial charge in [0.25, 0.3) is 0 Å². The molecular weight excluding hydrogens is 395 g/mol. The Morgan fingerprint density at radius 1 is 1.10 bits per heavy atom. The normalized spacial score (nSPS) is 11.3. The second kappa shape index (κ2) is 7.95. The van der Waals surface area contributed by atoms with E-state index in [9.17, 15) is 14.3 Å². The second-order valence-corrected chi connectivity index (χ2v) is 7.66. The molecule has 31 heavy (non-hydrogen) atoms. The van der Waals surface area contributed by atoms with Crippen LogP contribution in [0.25, 0.3) is 32.9 Å². The van der Waals surface area contributed by atoms with Gasteiger partial charge in [-0.1, -0.05) is 29.8 Å². The summed E-state index contributed by atoms with van der Waals surface area (Å²) in [6, 6.07) is 9.37. The number of pyridine rings is 2. The monoisotopic (exact) mass is 418 g/mol. The molecule has 0 atom stereocenters. The van der Waals surface area contributed by atoms with Crippen molar-refractivity contribution in [2.45, 2.75) is 34.1 Å². The lowest BCUT2D eigenvalue weighted by molar-refractivity contribution is -0.136. The molecule has 4 aromatic rings. The summed E-state index contributed by atoms with van der Waals surface area (Å²) in [6.07, 6.45) is 1.05.